The lowest BCUT2D eigenvalue weighted by Gasteiger charge is -2.37. The van der Waals surface area contributed by atoms with E-state index in [0.717, 1.165) is 21.9 Å². The van der Waals surface area contributed by atoms with Gasteiger partial charge >= 0.3 is 0 Å². The van der Waals surface area contributed by atoms with Crippen molar-refractivity contribution in [3.8, 4) is 11.8 Å². The molecule has 0 spiro atoms. The number of carbonyl (C=O) groups is 1. The summed E-state index contributed by atoms with van der Waals surface area (Å²) in [5, 5.41) is 12.0. The molecule has 1 atom stereocenters. The average molecular weight is 451 g/mol. The fraction of sp³-hybridized carbons (Fsp3) is 0.241. The number of fused-ring (bicyclic) bond motifs is 1. The second-order valence-electron chi connectivity index (χ2n) is 9.68. The molecule has 1 aliphatic carbocycles. The summed E-state index contributed by atoms with van der Waals surface area (Å²) in [6.07, 6.45) is 0.963. The van der Waals surface area contributed by atoms with Crippen LogP contribution in [-0.4, -0.2) is 5.78 Å². The second-order valence-corrected chi connectivity index (χ2v) is 9.68. The molecule has 5 rings (SSSR count). The van der Waals surface area contributed by atoms with Gasteiger partial charge in [0.1, 0.15) is 29.8 Å². The molecular formula is C29H26N2O3. The Labute approximate surface area is 199 Å². The molecule has 0 saturated heterocycles. The van der Waals surface area contributed by atoms with Crippen molar-refractivity contribution < 1.29 is 14.3 Å². The Bertz CT molecular complexity index is 1390. The maximum Gasteiger partial charge on any atom is 0.205 e. The maximum atomic E-state index is 13.5. The van der Waals surface area contributed by atoms with Crippen LogP contribution in [0.25, 0.3) is 10.8 Å². The van der Waals surface area contributed by atoms with E-state index in [-0.39, 0.29) is 22.7 Å². The Balaban J connectivity index is 1.72. The summed E-state index contributed by atoms with van der Waals surface area (Å²) in [7, 11) is 0. The molecule has 1 heterocycles. The summed E-state index contributed by atoms with van der Waals surface area (Å²) in [5.74, 6) is 0.579. The molecule has 2 aliphatic rings. The number of ether oxygens (including phenoxy) is 2. The van der Waals surface area contributed by atoms with E-state index in [1.54, 1.807) is 0 Å². The largest absolute Gasteiger partial charge is 0.489 e. The van der Waals surface area contributed by atoms with Crippen LogP contribution in [0.5, 0.6) is 5.75 Å². The second kappa shape index (κ2) is 8.39. The minimum absolute atomic E-state index is 0.0153. The molecule has 170 valence electrons. The average Bonchev–Trinajstić information content (AvgIpc) is 2.81. The first-order valence-corrected chi connectivity index (χ1v) is 11.4. The zero-order valence-corrected chi connectivity index (χ0v) is 19.3. The predicted molar refractivity (Wildman–Crippen MR) is 130 cm³/mol. The summed E-state index contributed by atoms with van der Waals surface area (Å²) in [4.78, 5) is 13.5. The maximum absolute atomic E-state index is 13.5. The highest BCUT2D eigenvalue weighted by atomic mass is 16.5. The van der Waals surface area contributed by atoms with Crippen LogP contribution in [0.15, 0.2) is 89.5 Å². The lowest BCUT2D eigenvalue weighted by atomic mass is 9.69. The van der Waals surface area contributed by atoms with Gasteiger partial charge in [0.2, 0.25) is 5.88 Å². The molecule has 34 heavy (non-hydrogen) atoms. The van der Waals surface area contributed by atoms with Gasteiger partial charge in [-0.2, -0.15) is 5.26 Å². The van der Waals surface area contributed by atoms with Crippen LogP contribution in [0.1, 0.15) is 43.7 Å². The summed E-state index contributed by atoms with van der Waals surface area (Å²) in [6, 6.07) is 24.0. The minimum Gasteiger partial charge on any atom is -0.489 e. The van der Waals surface area contributed by atoms with Gasteiger partial charge in [0.05, 0.1) is 5.92 Å². The van der Waals surface area contributed by atoms with Crippen molar-refractivity contribution in [2.45, 2.75) is 39.2 Å². The van der Waals surface area contributed by atoms with Gasteiger partial charge in [0.25, 0.3) is 0 Å². The summed E-state index contributed by atoms with van der Waals surface area (Å²) >= 11 is 0. The molecule has 2 N–H and O–H groups in total. The molecule has 0 saturated carbocycles. The van der Waals surface area contributed by atoms with Crippen LogP contribution in [0.2, 0.25) is 0 Å². The summed E-state index contributed by atoms with van der Waals surface area (Å²) < 4.78 is 12.2. The zero-order valence-electron chi connectivity index (χ0n) is 19.3. The highest BCUT2D eigenvalue weighted by molar-refractivity contribution is 6.02. The van der Waals surface area contributed by atoms with Crippen LogP contribution in [-0.2, 0) is 16.1 Å². The van der Waals surface area contributed by atoms with Crippen molar-refractivity contribution in [1.82, 2.24) is 0 Å². The molecule has 0 fully saturated rings. The van der Waals surface area contributed by atoms with E-state index in [1.807, 2.05) is 80.6 Å². The molecule has 5 nitrogen and oxygen atoms in total. The van der Waals surface area contributed by atoms with Gasteiger partial charge in [-0.15, -0.1) is 0 Å². The smallest absolute Gasteiger partial charge is 0.205 e. The third-order valence-corrected chi connectivity index (χ3v) is 6.53. The Morgan fingerprint density at radius 2 is 1.79 bits per heavy atom. The minimum atomic E-state index is -0.644. The lowest BCUT2D eigenvalue weighted by molar-refractivity contribution is -0.119. The number of benzene rings is 3. The van der Waals surface area contributed by atoms with Crippen LogP contribution < -0.4 is 10.5 Å². The lowest BCUT2D eigenvalue weighted by Crippen LogP contribution is -2.33. The first-order chi connectivity index (χ1) is 16.4. The molecule has 5 heteroatoms. The number of hydrogen-bond acceptors (Lipinski definition) is 5. The van der Waals surface area contributed by atoms with Crippen LogP contribution >= 0.6 is 0 Å². The number of nitriles is 1. The molecule has 3 aromatic rings. The van der Waals surface area contributed by atoms with Crippen molar-refractivity contribution in [2.75, 3.05) is 0 Å². The number of nitrogens with zero attached hydrogens (tertiary/aromatic N) is 1. The van der Waals surface area contributed by atoms with Crippen molar-refractivity contribution in [2.24, 2.45) is 11.1 Å². The molecule has 3 aromatic carbocycles. The third-order valence-electron chi connectivity index (χ3n) is 6.53. The van der Waals surface area contributed by atoms with E-state index in [9.17, 15) is 10.1 Å². The number of Topliss-reactive ketones (excluding diaryl/α,β-unsaturated/α-hetero) is 1. The fourth-order valence-corrected chi connectivity index (χ4v) is 5.01. The number of carbonyl (C=O) groups excluding carboxylic acids is 1. The van der Waals surface area contributed by atoms with Crippen LogP contribution in [0.3, 0.4) is 0 Å². The molecule has 0 aromatic heterocycles. The van der Waals surface area contributed by atoms with E-state index in [0.29, 0.717) is 36.5 Å². The van der Waals surface area contributed by atoms with Gasteiger partial charge in [0, 0.05) is 24.0 Å². The summed E-state index contributed by atoms with van der Waals surface area (Å²) in [5.41, 5.74) is 8.59. The molecule has 0 bridgehead atoms. The SMILES string of the molecule is CC1(C)CC(=O)C2=C(C1)OC(N)=C(C#N)[C@H]2c1c(OCc2ccccc2)ccc2ccccc12. The zero-order chi connectivity index (χ0) is 23.9. The van der Waals surface area contributed by atoms with Crippen molar-refractivity contribution >= 4 is 16.6 Å². The van der Waals surface area contributed by atoms with Gasteiger partial charge in [-0.05, 0) is 27.8 Å². The highest BCUT2D eigenvalue weighted by Crippen LogP contribution is 2.51. The standard InChI is InChI=1S/C29H26N2O3/c1-29(2)14-22(32)27-24(15-29)34-28(31)21(16-30)26(27)25-20-11-7-6-10-19(20)12-13-23(25)33-17-18-8-4-3-5-9-18/h3-13,26H,14-15,17,31H2,1-2H3/t26-/m0/s1. The first-order valence-electron chi connectivity index (χ1n) is 11.4. The van der Waals surface area contributed by atoms with Gasteiger partial charge in [-0.1, -0.05) is 74.5 Å². The van der Waals surface area contributed by atoms with Crippen molar-refractivity contribution in [3.05, 3.63) is 101 Å². The Hall–Kier alpha value is -4.04. The highest BCUT2D eigenvalue weighted by Gasteiger charge is 2.44. The van der Waals surface area contributed by atoms with Gasteiger partial charge in [-0.3, -0.25) is 4.79 Å². The van der Waals surface area contributed by atoms with E-state index < -0.39 is 5.92 Å². The molecule has 0 radical (unpaired) electrons. The van der Waals surface area contributed by atoms with Gasteiger partial charge < -0.3 is 15.2 Å². The monoisotopic (exact) mass is 450 g/mol. The topological polar surface area (TPSA) is 85.3 Å². The normalized spacial score (nSPS) is 19.4. The van der Waals surface area contributed by atoms with Crippen LogP contribution in [0.4, 0.5) is 0 Å². The number of ketones is 1. The quantitative estimate of drug-likeness (QED) is 0.537. The fourth-order valence-electron chi connectivity index (χ4n) is 5.01. The number of rotatable bonds is 4. The van der Waals surface area contributed by atoms with E-state index in [4.69, 9.17) is 15.2 Å². The Morgan fingerprint density at radius 3 is 2.56 bits per heavy atom. The number of nitrogens with two attached hydrogens (primary N) is 1. The molecule has 0 amide bonds. The van der Waals surface area contributed by atoms with Crippen LogP contribution in [0, 0.1) is 16.7 Å². The van der Waals surface area contributed by atoms with Gasteiger partial charge in [-0.25, -0.2) is 0 Å². The van der Waals surface area contributed by atoms with E-state index in [1.165, 1.54) is 0 Å². The molecule has 0 unspecified atom stereocenters. The molecule has 1 aliphatic heterocycles. The van der Waals surface area contributed by atoms with Crippen molar-refractivity contribution in [1.29, 1.82) is 5.26 Å². The third kappa shape index (κ3) is 3.82. The van der Waals surface area contributed by atoms with E-state index in [2.05, 4.69) is 6.07 Å². The Kier molecular flexibility index (Phi) is 5.37. The van der Waals surface area contributed by atoms with Crippen molar-refractivity contribution in [3.63, 3.8) is 0 Å². The van der Waals surface area contributed by atoms with E-state index >= 15 is 0 Å². The number of allylic oxidation sites excluding steroid dienone is 3. The van der Waals surface area contributed by atoms with Gasteiger partial charge in [0.15, 0.2) is 5.78 Å². The predicted octanol–water partition coefficient (Wildman–Crippen LogP) is 5.87. The number of hydrogen-bond donors (Lipinski definition) is 1. The first kappa shape index (κ1) is 21.8. The molecular weight excluding hydrogens is 424 g/mol. The Morgan fingerprint density at radius 1 is 1.06 bits per heavy atom. The summed E-state index contributed by atoms with van der Waals surface area (Å²) in [6.45, 7) is 4.45.